The lowest BCUT2D eigenvalue weighted by atomic mass is 10.0. The van der Waals surface area contributed by atoms with Gasteiger partial charge in [0, 0.05) is 12.6 Å². The molecule has 94 valence electrons. The zero-order valence-corrected chi connectivity index (χ0v) is 10.1. The average Bonchev–Trinajstić information content (AvgIpc) is 2.64. The normalized spacial score (nSPS) is 25.4. The lowest BCUT2D eigenvalue weighted by molar-refractivity contribution is 0.134. The Bertz CT molecular complexity index is 397. The van der Waals surface area contributed by atoms with Crippen LogP contribution in [0, 0.1) is 11.7 Å². The minimum absolute atomic E-state index is 0.165. The van der Waals surface area contributed by atoms with Crippen molar-refractivity contribution in [3.05, 3.63) is 29.6 Å². The molecule has 1 saturated heterocycles. The molecule has 17 heavy (non-hydrogen) atoms. The number of nitrogens with zero attached hydrogens (tertiary/aromatic N) is 1. The number of benzene rings is 1. The number of aliphatic hydroxyl groups is 1. The van der Waals surface area contributed by atoms with Gasteiger partial charge in [0.25, 0.3) is 0 Å². The van der Waals surface area contributed by atoms with Crippen LogP contribution in [0.15, 0.2) is 18.2 Å². The van der Waals surface area contributed by atoms with E-state index in [9.17, 15) is 9.50 Å². The third-order valence-corrected chi connectivity index (χ3v) is 3.64. The van der Waals surface area contributed by atoms with Crippen molar-refractivity contribution in [3.8, 4) is 0 Å². The summed E-state index contributed by atoms with van der Waals surface area (Å²) in [6.07, 6.45) is 1.09. The first kappa shape index (κ1) is 12.3. The summed E-state index contributed by atoms with van der Waals surface area (Å²) in [5, 5.41) is 9.35. The standard InChI is InChI=1S/C13H19FN2O/c1-9-4-5-16(13(9)8-17)7-10-2-3-12(15)11(14)6-10/h2-3,6,9,13,17H,4-5,7-8,15H2,1H3. The number of anilines is 1. The number of rotatable bonds is 3. The average molecular weight is 238 g/mol. The maximum Gasteiger partial charge on any atom is 0.146 e. The van der Waals surface area contributed by atoms with Gasteiger partial charge in [0.15, 0.2) is 0 Å². The monoisotopic (exact) mass is 238 g/mol. The van der Waals surface area contributed by atoms with Crippen LogP contribution in [0.25, 0.3) is 0 Å². The summed E-state index contributed by atoms with van der Waals surface area (Å²) in [4.78, 5) is 2.20. The van der Waals surface area contributed by atoms with E-state index in [-0.39, 0.29) is 24.2 Å². The number of nitrogen functional groups attached to an aromatic ring is 1. The summed E-state index contributed by atoms with van der Waals surface area (Å²) in [6, 6.07) is 5.11. The van der Waals surface area contributed by atoms with E-state index in [4.69, 9.17) is 5.73 Å². The molecule has 1 aliphatic rings. The second-order valence-electron chi connectivity index (χ2n) is 4.84. The van der Waals surface area contributed by atoms with Gasteiger partial charge in [-0.25, -0.2) is 4.39 Å². The minimum Gasteiger partial charge on any atom is -0.396 e. The first-order valence-electron chi connectivity index (χ1n) is 6.00. The third-order valence-electron chi connectivity index (χ3n) is 3.64. The molecule has 3 nitrogen and oxygen atoms in total. The second-order valence-corrected chi connectivity index (χ2v) is 4.84. The first-order chi connectivity index (χ1) is 8.11. The van der Waals surface area contributed by atoms with Crippen molar-refractivity contribution >= 4 is 5.69 Å². The van der Waals surface area contributed by atoms with Gasteiger partial charge in [-0.15, -0.1) is 0 Å². The van der Waals surface area contributed by atoms with Crippen LogP contribution >= 0.6 is 0 Å². The van der Waals surface area contributed by atoms with Gasteiger partial charge in [0.05, 0.1) is 12.3 Å². The van der Waals surface area contributed by atoms with Gasteiger partial charge in [0.2, 0.25) is 0 Å². The van der Waals surface area contributed by atoms with Gasteiger partial charge in [-0.2, -0.15) is 0 Å². The smallest absolute Gasteiger partial charge is 0.146 e. The Kier molecular flexibility index (Phi) is 3.64. The molecule has 1 fully saturated rings. The van der Waals surface area contributed by atoms with Crippen LogP contribution in [0.5, 0.6) is 0 Å². The highest BCUT2D eigenvalue weighted by molar-refractivity contribution is 5.41. The van der Waals surface area contributed by atoms with Crippen LogP contribution < -0.4 is 5.73 Å². The molecule has 3 N–H and O–H groups in total. The van der Waals surface area contributed by atoms with Gasteiger partial charge in [-0.3, -0.25) is 4.90 Å². The van der Waals surface area contributed by atoms with E-state index in [0.717, 1.165) is 18.5 Å². The third kappa shape index (κ3) is 2.58. The van der Waals surface area contributed by atoms with Crippen LogP contribution in [-0.2, 0) is 6.54 Å². The van der Waals surface area contributed by atoms with Crippen molar-refractivity contribution in [1.82, 2.24) is 4.90 Å². The van der Waals surface area contributed by atoms with E-state index in [1.54, 1.807) is 6.07 Å². The van der Waals surface area contributed by atoms with Crippen LogP contribution in [0.1, 0.15) is 18.9 Å². The molecule has 0 radical (unpaired) electrons. The molecule has 2 rings (SSSR count). The molecule has 0 spiro atoms. The summed E-state index contributed by atoms with van der Waals surface area (Å²) in [5.41, 5.74) is 6.53. The topological polar surface area (TPSA) is 49.5 Å². The summed E-state index contributed by atoms with van der Waals surface area (Å²) in [7, 11) is 0. The maximum absolute atomic E-state index is 13.3. The zero-order valence-electron chi connectivity index (χ0n) is 10.1. The Morgan fingerprint density at radius 3 is 2.94 bits per heavy atom. The van der Waals surface area contributed by atoms with E-state index in [2.05, 4.69) is 11.8 Å². The quantitative estimate of drug-likeness (QED) is 0.787. The zero-order chi connectivity index (χ0) is 12.4. The first-order valence-corrected chi connectivity index (χ1v) is 6.00. The molecule has 2 atom stereocenters. The van der Waals surface area contributed by atoms with E-state index in [1.807, 2.05) is 6.07 Å². The molecule has 1 aromatic rings. The lowest BCUT2D eigenvalue weighted by Crippen LogP contribution is -2.34. The van der Waals surface area contributed by atoms with Crippen molar-refractivity contribution in [2.45, 2.75) is 25.9 Å². The van der Waals surface area contributed by atoms with Gasteiger partial charge in [-0.1, -0.05) is 13.0 Å². The highest BCUT2D eigenvalue weighted by Gasteiger charge is 2.30. The Hall–Kier alpha value is -1.13. The Morgan fingerprint density at radius 1 is 1.53 bits per heavy atom. The number of nitrogens with two attached hydrogens (primary N) is 1. The summed E-state index contributed by atoms with van der Waals surface area (Å²) in [6.45, 7) is 3.94. The highest BCUT2D eigenvalue weighted by atomic mass is 19.1. The highest BCUT2D eigenvalue weighted by Crippen LogP contribution is 2.25. The van der Waals surface area contributed by atoms with Crippen molar-refractivity contribution in [3.63, 3.8) is 0 Å². The van der Waals surface area contributed by atoms with Crippen molar-refractivity contribution in [2.75, 3.05) is 18.9 Å². The van der Waals surface area contributed by atoms with Crippen LogP contribution in [0.3, 0.4) is 0 Å². The Balaban J connectivity index is 2.07. The summed E-state index contributed by atoms with van der Waals surface area (Å²) >= 11 is 0. The molecule has 0 aliphatic carbocycles. The molecule has 0 bridgehead atoms. The number of hydrogen-bond donors (Lipinski definition) is 2. The number of hydrogen-bond acceptors (Lipinski definition) is 3. The van der Waals surface area contributed by atoms with Crippen LogP contribution in [-0.4, -0.2) is 29.2 Å². The molecular formula is C13H19FN2O. The molecule has 0 saturated carbocycles. The van der Waals surface area contributed by atoms with Crippen LogP contribution in [0.4, 0.5) is 10.1 Å². The summed E-state index contributed by atoms with van der Waals surface area (Å²) < 4.78 is 13.3. The Labute approximate surface area is 101 Å². The van der Waals surface area contributed by atoms with E-state index in [0.29, 0.717) is 12.5 Å². The fraction of sp³-hybridized carbons (Fsp3) is 0.538. The molecule has 4 heteroatoms. The molecule has 1 aliphatic heterocycles. The van der Waals surface area contributed by atoms with Crippen molar-refractivity contribution < 1.29 is 9.50 Å². The van der Waals surface area contributed by atoms with Gasteiger partial charge < -0.3 is 10.8 Å². The molecular weight excluding hydrogens is 219 g/mol. The van der Waals surface area contributed by atoms with E-state index < -0.39 is 0 Å². The number of likely N-dealkylation sites (tertiary alicyclic amines) is 1. The largest absolute Gasteiger partial charge is 0.396 e. The Morgan fingerprint density at radius 2 is 2.29 bits per heavy atom. The molecule has 1 heterocycles. The minimum atomic E-state index is -0.365. The van der Waals surface area contributed by atoms with Crippen molar-refractivity contribution in [2.24, 2.45) is 5.92 Å². The SMILES string of the molecule is CC1CCN(Cc2ccc(N)c(F)c2)C1CO. The molecule has 0 amide bonds. The lowest BCUT2D eigenvalue weighted by Gasteiger charge is -2.25. The van der Waals surface area contributed by atoms with Gasteiger partial charge >= 0.3 is 0 Å². The van der Waals surface area contributed by atoms with E-state index >= 15 is 0 Å². The van der Waals surface area contributed by atoms with Gasteiger partial charge in [0.1, 0.15) is 5.82 Å². The second kappa shape index (κ2) is 5.02. The number of aliphatic hydroxyl groups excluding tert-OH is 1. The molecule has 1 aromatic carbocycles. The van der Waals surface area contributed by atoms with Gasteiger partial charge in [-0.05, 0) is 36.6 Å². The van der Waals surface area contributed by atoms with Crippen molar-refractivity contribution in [1.29, 1.82) is 0 Å². The summed E-state index contributed by atoms with van der Waals surface area (Å²) in [5.74, 6) is 0.133. The maximum atomic E-state index is 13.3. The van der Waals surface area contributed by atoms with E-state index in [1.165, 1.54) is 6.07 Å². The number of halogens is 1. The fourth-order valence-electron chi connectivity index (χ4n) is 2.48. The molecule has 2 unspecified atom stereocenters. The van der Waals surface area contributed by atoms with Crippen LogP contribution in [0.2, 0.25) is 0 Å². The predicted molar refractivity (Wildman–Crippen MR) is 65.9 cm³/mol. The predicted octanol–water partition coefficient (Wildman–Crippen LogP) is 1.61. The fourth-order valence-corrected chi connectivity index (χ4v) is 2.48. The molecule has 0 aromatic heterocycles.